The van der Waals surface area contributed by atoms with Crippen LogP contribution >= 0.6 is 0 Å². The van der Waals surface area contributed by atoms with Gasteiger partial charge in [0.2, 0.25) is 15.9 Å². The van der Waals surface area contributed by atoms with Crippen LogP contribution in [0.1, 0.15) is 16.8 Å². The van der Waals surface area contributed by atoms with Crippen LogP contribution < -0.4 is 9.62 Å². The summed E-state index contributed by atoms with van der Waals surface area (Å²) in [5.74, 6) is -0.0161. The lowest BCUT2D eigenvalue weighted by atomic mass is 10.1. The molecule has 126 valence electrons. The number of nitrogens with zero attached hydrogens (tertiary/aromatic N) is 2. The Balaban J connectivity index is 1.77. The second-order valence-electron chi connectivity index (χ2n) is 6.03. The molecule has 1 aliphatic heterocycles. The SMILES string of the molecule is Cc1cnc2c(c1)N(C(=O)Cc1cccc(NS(C)(=O)=O)c1)CC2. The molecule has 0 atom stereocenters. The van der Waals surface area contributed by atoms with Crippen LogP contribution in [0.3, 0.4) is 0 Å². The molecule has 1 aliphatic rings. The number of benzene rings is 1. The molecule has 0 spiro atoms. The molecular weight excluding hydrogens is 326 g/mol. The third-order valence-corrected chi connectivity index (χ3v) is 4.44. The number of hydrogen-bond acceptors (Lipinski definition) is 4. The van der Waals surface area contributed by atoms with Gasteiger partial charge in [0, 0.05) is 24.8 Å². The van der Waals surface area contributed by atoms with Gasteiger partial charge in [-0.15, -0.1) is 0 Å². The van der Waals surface area contributed by atoms with Crippen LogP contribution in [-0.4, -0.2) is 32.1 Å². The molecule has 0 saturated heterocycles. The highest BCUT2D eigenvalue weighted by Gasteiger charge is 2.25. The highest BCUT2D eigenvalue weighted by molar-refractivity contribution is 7.92. The lowest BCUT2D eigenvalue weighted by Gasteiger charge is -2.17. The Hall–Kier alpha value is -2.41. The van der Waals surface area contributed by atoms with Gasteiger partial charge in [-0.05, 0) is 36.2 Å². The van der Waals surface area contributed by atoms with E-state index in [2.05, 4.69) is 9.71 Å². The first-order valence-corrected chi connectivity index (χ1v) is 9.53. The molecule has 1 aromatic heterocycles. The Labute approximate surface area is 141 Å². The number of fused-ring (bicyclic) bond motifs is 1. The zero-order chi connectivity index (χ0) is 17.3. The van der Waals surface area contributed by atoms with Gasteiger partial charge in [0.05, 0.1) is 24.1 Å². The fraction of sp³-hybridized carbons (Fsp3) is 0.294. The second-order valence-corrected chi connectivity index (χ2v) is 7.77. The van der Waals surface area contributed by atoms with E-state index in [0.29, 0.717) is 12.2 Å². The largest absolute Gasteiger partial charge is 0.310 e. The molecule has 24 heavy (non-hydrogen) atoms. The van der Waals surface area contributed by atoms with Crippen molar-refractivity contribution in [3.63, 3.8) is 0 Å². The van der Waals surface area contributed by atoms with Crippen molar-refractivity contribution in [2.75, 3.05) is 22.4 Å². The molecule has 1 N–H and O–H groups in total. The van der Waals surface area contributed by atoms with E-state index in [4.69, 9.17) is 0 Å². The molecule has 3 rings (SSSR count). The Kier molecular flexibility index (Phi) is 4.28. The highest BCUT2D eigenvalue weighted by atomic mass is 32.2. The first kappa shape index (κ1) is 16.4. The summed E-state index contributed by atoms with van der Waals surface area (Å²) in [6, 6.07) is 8.88. The maximum absolute atomic E-state index is 12.6. The Morgan fingerprint density at radius 3 is 2.88 bits per heavy atom. The average molecular weight is 345 g/mol. The standard InChI is InChI=1S/C17H19N3O3S/c1-12-8-16-15(18-11-12)6-7-20(16)17(21)10-13-4-3-5-14(9-13)19-24(2,22)23/h3-5,8-9,11,19H,6-7,10H2,1-2H3. The number of rotatable bonds is 4. The van der Waals surface area contributed by atoms with Crippen molar-refractivity contribution in [1.82, 2.24) is 4.98 Å². The fourth-order valence-corrected chi connectivity index (χ4v) is 3.39. The van der Waals surface area contributed by atoms with E-state index in [1.54, 1.807) is 23.1 Å². The minimum Gasteiger partial charge on any atom is -0.310 e. The smallest absolute Gasteiger partial charge is 0.231 e. The molecule has 1 amide bonds. The van der Waals surface area contributed by atoms with Gasteiger partial charge in [0.1, 0.15) is 0 Å². The summed E-state index contributed by atoms with van der Waals surface area (Å²) in [6.07, 6.45) is 3.89. The molecule has 7 heteroatoms. The third kappa shape index (κ3) is 3.73. The van der Waals surface area contributed by atoms with Gasteiger partial charge in [0.15, 0.2) is 0 Å². The van der Waals surface area contributed by atoms with Crippen LogP contribution in [0.2, 0.25) is 0 Å². The van der Waals surface area contributed by atoms with Crippen molar-refractivity contribution in [2.45, 2.75) is 19.8 Å². The number of carbonyl (C=O) groups excluding carboxylic acids is 1. The van der Waals surface area contributed by atoms with Gasteiger partial charge < -0.3 is 4.90 Å². The summed E-state index contributed by atoms with van der Waals surface area (Å²) < 4.78 is 25.1. The van der Waals surface area contributed by atoms with Crippen LogP contribution in [-0.2, 0) is 27.7 Å². The summed E-state index contributed by atoms with van der Waals surface area (Å²) in [6.45, 7) is 2.58. The number of hydrogen-bond donors (Lipinski definition) is 1. The molecule has 0 bridgehead atoms. The summed E-state index contributed by atoms with van der Waals surface area (Å²) in [4.78, 5) is 18.8. The Morgan fingerprint density at radius 2 is 2.12 bits per heavy atom. The zero-order valence-electron chi connectivity index (χ0n) is 13.6. The van der Waals surface area contributed by atoms with Gasteiger partial charge >= 0.3 is 0 Å². The molecule has 0 radical (unpaired) electrons. The Bertz CT molecular complexity index is 894. The number of aryl methyl sites for hydroxylation is 1. The molecule has 0 saturated carbocycles. The average Bonchev–Trinajstić information content (AvgIpc) is 2.88. The van der Waals surface area contributed by atoms with Crippen LogP contribution in [0.4, 0.5) is 11.4 Å². The van der Waals surface area contributed by atoms with E-state index in [9.17, 15) is 13.2 Å². The minimum atomic E-state index is -3.34. The van der Waals surface area contributed by atoms with Crippen molar-refractivity contribution in [1.29, 1.82) is 0 Å². The summed E-state index contributed by atoms with van der Waals surface area (Å²) in [5, 5.41) is 0. The van der Waals surface area contributed by atoms with Crippen LogP contribution in [0, 0.1) is 6.92 Å². The second kappa shape index (κ2) is 6.24. The van der Waals surface area contributed by atoms with E-state index in [1.165, 1.54) is 0 Å². The van der Waals surface area contributed by atoms with Crippen LogP contribution in [0.25, 0.3) is 0 Å². The maximum Gasteiger partial charge on any atom is 0.231 e. The van der Waals surface area contributed by atoms with E-state index < -0.39 is 10.0 Å². The minimum absolute atomic E-state index is 0.0161. The van der Waals surface area contributed by atoms with Gasteiger partial charge in [-0.3, -0.25) is 14.5 Å². The number of aromatic nitrogens is 1. The van der Waals surface area contributed by atoms with E-state index in [-0.39, 0.29) is 12.3 Å². The molecule has 6 nitrogen and oxygen atoms in total. The number of anilines is 2. The van der Waals surface area contributed by atoms with Crippen molar-refractivity contribution in [3.8, 4) is 0 Å². The molecule has 0 aliphatic carbocycles. The van der Waals surface area contributed by atoms with Gasteiger partial charge in [-0.1, -0.05) is 12.1 Å². The first-order chi connectivity index (χ1) is 11.3. The molecule has 0 fully saturated rings. The van der Waals surface area contributed by atoms with Crippen LogP contribution in [0.15, 0.2) is 36.5 Å². The molecule has 2 aromatic rings. The molecule has 0 unspecified atom stereocenters. The van der Waals surface area contributed by atoms with Gasteiger partial charge in [-0.25, -0.2) is 8.42 Å². The first-order valence-electron chi connectivity index (χ1n) is 7.64. The maximum atomic E-state index is 12.6. The number of sulfonamides is 1. The van der Waals surface area contributed by atoms with Crippen molar-refractivity contribution >= 4 is 27.3 Å². The Morgan fingerprint density at radius 1 is 1.33 bits per heavy atom. The molecule has 2 heterocycles. The lowest BCUT2D eigenvalue weighted by Crippen LogP contribution is -2.30. The predicted molar refractivity (Wildman–Crippen MR) is 93.6 cm³/mol. The van der Waals surface area contributed by atoms with Gasteiger partial charge in [0.25, 0.3) is 0 Å². The van der Waals surface area contributed by atoms with E-state index >= 15 is 0 Å². The summed E-state index contributed by atoms with van der Waals surface area (Å²) in [7, 11) is -3.34. The molecule has 1 aromatic carbocycles. The fourth-order valence-electron chi connectivity index (χ4n) is 2.83. The monoisotopic (exact) mass is 345 g/mol. The highest BCUT2D eigenvalue weighted by Crippen LogP contribution is 2.27. The third-order valence-electron chi connectivity index (χ3n) is 3.83. The molecular formula is C17H19N3O3S. The number of nitrogens with one attached hydrogen (secondary N) is 1. The topological polar surface area (TPSA) is 79.4 Å². The quantitative estimate of drug-likeness (QED) is 0.918. The number of amides is 1. The van der Waals surface area contributed by atoms with Crippen molar-refractivity contribution < 1.29 is 13.2 Å². The van der Waals surface area contributed by atoms with Crippen LogP contribution in [0.5, 0.6) is 0 Å². The number of carbonyl (C=O) groups is 1. The lowest BCUT2D eigenvalue weighted by molar-refractivity contribution is -0.117. The number of pyridine rings is 1. The van der Waals surface area contributed by atoms with E-state index in [1.807, 2.05) is 25.3 Å². The van der Waals surface area contributed by atoms with Gasteiger partial charge in [-0.2, -0.15) is 0 Å². The zero-order valence-corrected chi connectivity index (χ0v) is 14.4. The summed E-state index contributed by atoms with van der Waals surface area (Å²) in [5.41, 5.74) is 4.07. The normalized spacial score (nSPS) is 13.7. The summed E-state index contributed by atoms with van der Waals surface area (Å²) >= 11 is 0. The predicted octanol–water partition coefficient (Wildman–Crippen LogP) is 1.89. The van der Waals surface area contributed by atoms with E-state index in [0.717, 1.165) is 35.2 Å². The van der Waals surface area contributed by atoms with Crippen molar-refractivity contribution in [2.24, 2.45) is 0 Å². The van der Waals surface area contributed by atoms with Crippen molar-refractivity contribution in [3.05, 3.63) is 53.3 Å².